The van der Waals surface area contributed by atoms with Gasteiger partial charge in [0.1, 0.15) is 35.8 Å². The highest BCUT2D eigenvalue weighted by molar-refractivity contribution is 6.23. The van der Waals surface area contributed by atoms with E-state index in [1.54, 1.807) is 35.2 Å². The standard InChI is InChI=1S/C48H43N3O9/c1-49(30-32-13-6-3-7-14-32)26-12-15-31-20-25-38-37(29-31)48(46(56)50(38)47(57)59-28-27-58-2)39(44(53)54)41-45(55)60-42(34-18-10-5-11-19-34)40(33-16-8-4-9-17-33)51(41)43(48)35-21-23-36(52)24-22-35/h3-11,13-14,16-25,29,39-43,52H,26-28,30H2,1-2H3,(H,53,54)/t39-,40-,41-,42+,43+,48-/m0/s1. The molecule has 60 heavy (non-hydrogen) atoms. The van der Waals surface area contributed by atoms with Crippen molar-refractivity contribution in [1.82, 2.24) is 9.80 Å². The smallest absolute Gasteiger partial charge is 0.421 e. The molecule has 1 spiro atoms. The Morgan fingerprint density at radius 3 is 2.12 bits per heavy atom. The Morgan fingerprint density at radius 1 is 0.817 bits per heavy atom. The molecule has 0 saturated carbocycles. The van der Waals surface area contributed by atoms with E-state index in [9.17, 15) is 24.6 Å². The molecule has 12 heteroatoms. The zero-order valence-electron chi connectivity index (χ0n) is 33.0. The lowest BCUT2D eigenvalue weighted by Crippen LogP contribution is -2.53. The second kappa shape index (κ2) is 16.8. The third-order valence-electron chi connectivity index (χ3n) is 11.5. The lowest BCUT2D eigenvalue weighted by atomic mass is 9.65. The number of anilines is 1. The van der Waals surface area contributed by atoms with Crippen LogP contribution in [0.5, 0.6) is 5.75 Å². The number of cyclic esters (lactones) is 1. The van der Waals surface area contributed by atoms with E-state index < -0.39 is 59.5 Å². The minimum atomic E-state index is -2.14. The number of carboxylic acids is 1. The van der Waals surface area contributed by atoms with E-state index in [4.69, 9.17) is 14.2 Å². The predicted octanol–water partition coefficient (Wildman–Crippen LogP) is 6.41. The molecule has 3 heterocycles. The Morgan fingerprint density at radius 2 is 1.47 bits per heavy atom. The van der Waals surface area contributed by atoms with Crippen LogP contribution in [0.2, 0.25) is 0 Å². The molecule has 0 aromatic heterocycles. The summed E-state index contributed by atoms with van der Waals surface area (Å²) in [4.78, 5) is 63.3. The van der Waals surface area contributed by atoms with Crippen LogP contribution in [-0.4, -0.2) is 83.9 Å². The number of esters is 1. The molecule has 0 radical (unpaired) electrons. The van der Waals surface area contributed by atoms with Crippen LogP contribution in [0.25, 0.3) is 0 Å². The number of carbonyl (C=O) groups is 4. The average Bonchev–Trinajstić information content (AvgIpc) is 3.71. The van der Waals surface area contributed by atoms with Gasteiger partial charge in [-0.25, -0.2) is 9.69 Å². The molecule has 0 aliphatic carbocycles. The van der Waals surface area contributed by atoms with E-state index in [0.29, 0.717) is 35.3 Å². The fraction of sp³-hybridized carbons (Fsp3) is 0.250. The number of hydrogen-bond acceptors (Lipinski definition) is 10. The summed E-state index contributed by atoms with van der Waals surface area (Å²) in [6.45, 7) is 0.921. The van der Waals surface area contributed by atoms with E-state index in [0.717, 1.165) is 10.5 Å². The van der Waals surface area contributed by atoms with Gasteiger partial charge in [-0.05, 0) is 65.2 Å². The monoisotopic (exact) mass is 805 g/mol. The van der Waals surface area contributed by atoms with Gasteiger partial charge in [-0.1, -0.05) is 115 Å². The van der Waals surface area contributed by atoms with Crippen molar-refractivity contribution in [2.75, 3.05) is 38.8 Å². The highest BCUT2D eigenvalue weighted by atomic mass is 16.6. The van der Waals surface area contributed by atoms with Crippen LogP contribution in [0.4, 0.5) is 10.5 Å². The molecular weight excluding hydrogens is 763 g/mol. The third kappa shape index (κ3) is 7.06. The van der Waals surface area contributed by atoms with Crippen LogP contribution < -0.4 is 4.90 Å². The molecule has 304 valence electrons. The first-order valence-corrected chi connectivity index (χ1v) is 19.6. The molecule has 3 aliphatic heterocycles. The van der Waals surface area contributed by atoms with Crippen molar-refractivity contribution in [3.05, 3.63) is 167 Å². The summed E-state index contributed by atoms with van der Waals surface area (Å²) in [6.07, 6.45) is -1.96. The minimum Gasteiger partial charge on any atom is -0.508 e. The maximum atomic E-state index is 15.7. The number of benzene rings is 5. The SMILES string of the molecule is COCCOC(=O)N1C(=O)[C@@]2(c3cc(C#CCN(C)Cc4ccccc4)ccc31)[C@H](C(=O)O)[C@H]1C(=O)O[C@H](c3ccccc3)[C@H](c3ccccc3)N1[C@@H]2c1ccc(O)cc1. The maximum Gasteiger partial charge on any atom is 0.421 e. The lowest BCUT2D eigenvalue weighted by molar-refractivity contribution is -0.179. The zero-order chi connectivity index (χ0) is 42.0. The molecule has 5 aromatic carbocycles. The third-order valence-corrected chi connectivity index (χ3v) is 11.5. The van der Waals surface area contributed by atoms with Crippen LogP contribution in [0.3, 0.4) is 0 Å². The Bertz CT molecular complexity index is 2450. The first kappa shape index (κ1) is 40.0. The molecule has 6 atom stereocenters. The van der Waals surface area contributed by atoms with Gasteiger partial charge >= 0.3 is 18.0 Å². The number of nitrogens with zero attached hydrogens (tertiary/aromatic N) is 3. The fourth-order valence-electron chi connectivity index (χ4n) is 9.11. The number of rotatable bonds is 10. The highest BCUT2D eigenvalue weighted by Gasteiger charge is 2.76. The summed E-state index contributed by atoms with van der Waals surface area (Å²) >= 11 is 0. The maximum absolute atomic E-state index is 15.7. The summed E-state index contributed by atoms with van der Waals surface area (Å²) < 4.78 is 17.0. The number of morpholine rings is 1. The number of fused-ring (bicyclic) bond motifs is 3. The Labute approximate surface area is 347 Å². The van der Waals surface area contributed by atoms with Gasteiger partial charge in [-0.2, -0.15) is 0 Å². The summed E-state index contributed by atoms with van der Waals surface area (Å²) in [5.74, 6) is 1.40. The number of carboxylic acid groups (broad SMARTS) is 1. The number of imide groups is 1. The van der Waals surface area contributed by atoms with Crippen molar-refractivity contribution in [2.24, 2.45) is 5.92 Å². The largest absolute Gasteiger partial charge is 0.508 e. The van der Waals surface area contributed by atoms with Crippen LogP contribution in [0.1, 0.15) is 51.6 Å². The van der Waals surface area contributed by atoms with Gasteiger partial charge in [-0.3, -0.25) is 24.2 Å². The molecule has 2 amide bonds. The number of carbonyl (C=O) groups excluding carboxylic acids is 3. The highest BCUT2D eigenvalue weighted by Crippen LogP contribution is 2.66. The van der Waals surface area contributed by atoms with Gasteiger partial charge in [0.2, 0.25) is 5.91 Å². The van der Waals surface area contributed by atoms with Crippen molar-refractivity contribution in [3.8, 4) is 17.6 Å². The summed E-state index contributed by atoms with van der Waals surface area (Å²) in [6, 6.07) is 35.9. The molecule has 2 N–H and O–H groups in total. The van der Waals surface area contributed by atoms with Gasteiger partial charge in [0, 0.05) is 19.2 Å². The van der Waals surface area contributed by atoms with Crippen molar-refractivity contribution in [1.29, 1.82) is 0 Å². The van der Waals surface area contributed by atoms with Crippen LogP contribution >= 0.6 is 0 Å². The van der Waals surface area contributed by atoms with E-state index in [-0.39, 0.29) is 30.2 Å². The Balaban J connectivity index is 1.35. The topological polar surface area (TPSA) is 146 Å². The Hall–Kier alpha value is -6.78. The van der Waals surface area contributed by atoms with E-state index in [1.165, 1.54) is 19.2 Å². The minimum absolute atomic E-state index is 0.0498. The van der Waals surface area contributed by atoms with Gasteiger partial charge < -0.3 is 24.4 Å². The van der Waals surface area contributed by atoms with Gasteiger partial charge in [0.25, 0.3) is 0 Å². The average molecular weight is 806 g/mol. The number of aliphatic carboxylic acids is 1. The van der Waals surface area contributed by atoms with Crippen molar-refractivity contribution < 1.29 is 43.6 Å². The van der Waals surface area contributed by atoms with E-state index >= 15 is 4.79 Å². The molecule has 2 saturated heterocycles. The van der Waals surface area contributed by atoms with Gasteiger partial charge in [-0.15, -0.1) is 0 Å². The van der Waals surface area contributed by atoms with Crippen LogP contribution in [0, 0.1) is 17.8 Å². The number of aromatic hydroxyl groups is 1. The van der Waals surface area contributed by atoms with Crippen molar-refractivity contribution in [3.63, 3.8) is 0 Å². The van der Waals surface area contributed by atoms with E-state index in [1.807, 2.05) is 103 Å². The lowest BCUT2D eigenvalue weighted by Gasteiger charge is -2.46. The number of amides is 2. The summed E-state index contributed by atoms with van der Waals surface area (Å²) in [5, 5.41) is 22.0. The molecule has 5 aromatic rings. The number of phenols is 1. The van der Waals surface area contributed by atoms with Crippen molar-refractivity contribution in [2.45, 2.75) is 36.2 Å². The van der Waals surface area contributed by atoms with E-state index in [2.05, 4.69) is 11.8 Å². The summed E-state index contributed by atoms with van der Waals surface area (Å²) in [5.41, 5.74) is 1.54. The van der Waals surface area contributed by atoms with Crippen LogP contribution in [0.15, 0.2) is 133 Å². The molecule has 0 unspecified atom stereocenters. The number of hydrogen-bond donors (Lipinski definition) is 2. The summed E-state index contributed by atoms with van der Waals surface area (Å²) in [7, 11) is 3.39. The first-order chi connectivity index (χ1) is 29.1. The van der Waals surface area contributed by atoms with Crippen LogP contribution in [-0.2, 0) is 40.6 Å². The van der Waals surface area contributed by atoms with Crippen molar-refractivity contribution >= 4 is 29.6 Å². The molecule has 12 nitrogen and oxygen atoms in total. The Kier molecular flexibility index (Phi) is 11.2. The molecule has 2 fully saturated rings. The second-order valence-corrected chi connectivity index (χ2v) is 15.1. The fourth-order valence-corrected chi connectivity index (χ4v) is 9.11. The number of methoxy groups -OCH3 is 1. The zero-order valence-corrected chi connectivity index (χ0v) is 33.0. The second-order valence-electron chi connectivity index (χ2n) is 15.1. The molecule has 8 rings (SSSR count). The normalized spacial score (nSPS) is 23.1. The molecule has 3 aliphatic rings. The quantitative estimate of drug-likeness (QED) is 0.0918. The van der Waals surface area contributed by atoms with Gasteiger partial charge in [0.05, 0.1) is 30.9 Å². The molecule has 0 bridgehead atoms. The van der Waals surface area contributed by atoms with Gasteiger partial charge in [0.15, 0.2) is 0 Å². The molecular formula is C48H43N3O9. The predicted molar refractivity (Wildman–Crippen MR) is 221 cm³/mol. The number of ether oxygens (including phenoxy) is 3. The number of phenolic OH excluding ortho intramolecular Hbond substituents is 1. The first-order valence-electron chi connectivity index (χ1n) is 19.6.